The molecule has 0 saturated heterocycles. The number of halogens is 1. The zero-order chi connectivity index (χ0) is 19.2. The summed E-state index contributed by atoms with van der Waals surface area (Å²) in [7, 11) is 1.60. The fourth-order valence-corrected chi connectivity index (χ4v) is 2.49. The first-order valence-corrected chi connectivity index (χ1v) is 8.44. The minimum absolute atomic E-state index is 0.274. The summed E-state index contributed by atoms with van der Waals surface area (Å²) in [5.41, 5.74) is 2.18. The van der Waals surface area contributed by atoms with E-state index in [1.165, 1.54) is 6.07 Å². The second kappa shape index (κ2) is 8.35. The second-order valence-electron chi connectivity index (χ2n) is 5.91. The maximum Gasteiger partial charge on any atom is 0.269 e. The molecule has 2 N–H and O–H groups in total. The highest BCUT2D eigenvalue weighted by Gasteiger charge is 2.11. The standard InChI is InChI=1S/C20H20FN3O3/c1-13-11-14(3-8-17(13)21)18-12-19(24-23-18)20(25)22-9-10-27-16-6-4-15(26-2)5-7-16/h3-8,11-12H,9-10H2,1-2H3,(H,22,25)(H,23,24). The lowest BCUT2D eigenvalue weighted by molar-refractivity contribution is 0.0942. The van der Waals surface area contributed by atoms with Crippen LogP contribution in [0.5, 0.6) is 11.5 Å². The number of amides is 1. The van der Waals surface area contributed by atoms with Gasteiger partial charge in [0, 0.05) is 5.56 Å². The van der Waals surface area contributed by atoms with Gasteiger partial charge < -0.3 is 14.8 Å². The Balaban J connectivity index is 1.51. The molecule has 1 amide bonds. The molecule has 3 rings (SSSR count). The van der Waals surface area contributed by atoms with Crippen molar-refractivity contribution in [1.29, 1.82) is 0 Å². The Morgan fingerprint density at radius 1 is 1.15 bits per heavy atom. The molecule has 0 aliphatic heterocycles. The molecular weight excluding hydrogens is 349 g/mol. The van der Waals surface area contributed by atoms with E-state index in [-0.39, 0.29) is 11.7 Å². The maximum atomic E-state index is 13.4. The van der Waals surface area contributed by atoms with Crippen LogP contribution < -0.4 is 14.8 Å². The van der Waals surface area contributed by atoms with Crippen LogP contribution in [0.25, 0.3) is 11.3 Å². The zero-order valence-corrected chi connectivity index (χ0v) is 15.1. The summed E-state index contributed by atoms with van der Waals surface area (Å²) in [6.07, 6.45) is 0. The molecule has 0 atom stereocenters. The Hall–Kier alpha value is -3.35. The molecule has 0 radical (unpaired) electrons. The third-order valence-electron chi connectivity index (χ3n) is 3.99. The molecule has 6 nitrogen and oxygen atoms in total. The Bertz CT molecular complexity index is 922. The fourth-order valence-electron chi connectivity index (χ4n) is 2.49. The molecule has 0 aliphatic rings. The number of methoxy groups -OCH3 is 1. The summed E-state index contributed by atoms with van der Waals surface area (Å²) in [5.74, 6) is 0.887. The molecule has 3 aromatic rings. The number of rotatable bonds is 7. The number of nitrogens with one attached hydrogen (secondary N) is 2. The molecule has 1 aromatic heterocycles. The third kappa shape index (κ3) is 4.63. The van der Waals surface area contributed by atoms with E-state index in [0.717, 1.165) is 11.3 Å². The zero-order valence-electron chi connectivity index (χ0n) is 15.1. The lowest BCUT2D eigenvalue weighted by Gasteiger charge is -2.07. The van der Waals surface area contributed by atoms with Gasteiger partial charge in [0.05, 0.1) is 19.3 Å². The van der Waals surface area contributed by atoms with Gasteiger partial charge in [-0.15, -0.1) is 0 Å². The monoisotopic (exact) mass is 369 g/mol. The maximum absolute atomic E-state index is 13.4. The van der Waals surface area contributed by atoms with Gasteiger partial charge in [0.2, 0.25) is 0 Å². The highest BCUT2D eigenvalue weighted by molar-refractivity contribution is 5.93. The number of benzene rings is 2. The van der Waals surface area contributed by atoms with Crippen LogP contribution >= 0.6 is 0 Å². The number of H-pyrrole nitrogens is 1. The van der Waals surface area contributed by atoms with E-state index in [4.69, 9.17) is 9.47 Å². The van der Waals surface area contributed by atoms with Crippen molar-refractivity contribution in [3.05, 3.63) is 65.6 Å². The number of aromatic nitrogens is 2. The van der Waals surface area contributed by atoms with E-state index in [2.05, 4.69) is 15.5 Å². The highest BCUT2D eigenvalue weighted by Crippen LogP contribution is 2.20. The molecule has 0 aliphatic carbocycles. The van der Waals surface area contributed by atoms with Gasteiger partial charge >= 0.3 is 0 Å². The normalized spacial score (nSPS) is 10.5. The molecule has 0 saturated carbocycles. The van der Waals surface area contributed by atoms with E-state index in [0.29, 0.717) is 35.9 Å². The van der Waals surface area contributed by atoms with Crippen LogP contribution in [0.4, 0.5) is 4.39 Å². The van der Waals surface area contributed by atoms with E-state index in [1.54, 1.807) is 56.5 Å². The van der Waals surface area contributed by atoms with Crippen molar-refractivity contribution in [3.63, 3.8) is 0 Å². The van der Waals surface area contributed by atoms with Crippen LogP contribution in [0.3, 0.4) is 0 Å². The molecule has 0 bridgehead atoms. The number of ether oxygens (including phenoxy) is 2. The van der Waals surface area contributed by atoms with Gasteiger partial charge in [-0.3, -0.25) is 9.89 Å². The molecule has 1 heterocycles. The first kappa shape index (κ1) is 18.4. The molecule has 0 spiro atoms. The summed E-state index contributed by atoms with van der Waals surface area (Å²) in [4.78, 5) is 12.2. The SMILES string of the molecule is COc1ccc(OCCNC(=O)c2cc(-c3ccc(F)c(C)c3)n[nH]2)cc1. The first-order valence-electron chi connectivity index (χ1n) is 8.44. The Morgan fingerprint density at radius 2 is 1.89 bits per heavy atom. The van der Waals surface area contributed by atoms with Gasteiger partial charge in [0.1, 0.15) is 29.6 Å². The predicted octanol–water partition coefficient (Wildman–Crippen LogP) is 3.34. The first-order chi connectivity index (χ1) is 13.1. The van der Waals surface area contributed by atoms with Crippen molar-refractivity contribution in [2.75, 3.05) is 20.3 Å². The second-order valence-corrected chi connectivity index (χ2v) is 5.91. The largest absolute Gasteiger partial charge is 0.497 e. The van der Waals surface area contributed by atoms with Crippen molar-refractivity contribution in [2.45, 2.75) is 6.92 Å². The quantitative estimate of drug-likeness (QED) is 0.626. The van der Waals surface area contributed by atoms with Crippen molar-refractivity contribution in [2.24, 2.45) is 0 Å². The lowest BCUT2D eigenvalue weighted by atomic mass is 10.1. The number of carbonyl (C=O) groups excluding carboxylic acids is 1. The molecule has 2 aromatic carbocycles. The Labute approximate surface area is 156 Å². The minimum atomic E-state index is -0.286. The number of hydrogen-bond donors (Lipinski definition) is 2. The topological polar surface area (TPSA) is 76.2 Å². The van der Waals surface area contributed by atoms with E-state index < -0.39 is 0 Å². The van der Waals surface area contributed by atoms with Crippen LogP contribution in [0.1, 0.15) is 16.1 Å². The van der Waals surface area contributed by atoms with Crippen LogP contribution in [0.2, 0.25) is 0 Å². The number of aryl methyl sites for hydroxylation is 1. The third-order valence-corrected chi connectivity index (χ3v) is 3.99. The van der Waals surface area contributed by atoms with Crippen molar-refractivity contribution >= 4 is 5.91 Å². The molecule has 0 fully saturated rings. The number of nitrogens with zero attached hydrogens (tertiary/aromatic N) is 1. The average molecular weight is 369 g/mol. The van der Waals surface area contributed by atoms with E-state index in [1.807, 2.05) is 0 Å². The summed E-state index contributed by atoms with van der Waals surface area (Å²) >= 11 is 0. The van der Waals surface area contributed by atoms with E-state index >= 15 is 0 Å². The van der Waals surface area contributed by atoms with Gasteiger partial charge in [0.25, 0.3) is 5.91 Å². The van der Waals surface area contributed by atoms with Crippen LogP contribution in [-0.2, 0) is 0 Å². The van der Waals surface area contributed by atoms with Gasteiger partial charge in [-0.2, -0.15) is 5.10 Å². The molecule has 27 heavy (non-hydrogen) atoms. The van der Waals surface area contributed by atoms with Gasteiger partial charge in [-0.25, -0.2) is 4.39 Å². The van der Waals surface area contributed by atoms with Crippen molar-refractivity contribution < 1.29 is 18.7 Å². The van der Waals surface area contributed by atoms with E-state index in [9.17, 15) is 9.18 Å². The highest BCUT2D eigenvalue weighted by atomic mass is 19.1. The van der Waals surface area contributed by atoms with Gasteiger partial charge in [0.15, 0.2) is 0 Å². The minimum Gasteiger partial charge on any atom is -0.497 e. The lowest BCUT2D eigenvalue weighted by Crippen LogP contribution is -2.28. The molecule has 7 heteroatoms. The molecule has 140 valence electrons. The Kier molecular flexibility index (Phi) is 5.71. The number of carbonyl (C=O) groups is 1. The average Bonchev–Trinajstić information content (AvgIpc) is 3.18. The molecular formula is C20H20FN3O3. The fraction of sp³-hybridized carbons (Fsp3) is 0.200. The summed E-state index contributed by atoms with van der Waals surface area (Å²) in [5, 5.41) is 9.58. The van der Waals surface area contributed by atoms with Crippen molar-refractivity contribution in [1.82, 2.24) is 15.5 Å². The van der Waals surface area contributed by atoms with Crippen LogP contribution in [-0.4, -0.2) is 36.4 Å². The summed E-state index contributed by atoms with van der Waals surface area (Å²) in [6.45, 7) is 2.35. The summed E-state index contributed by atoms with van der Waals surface area (Å²) < 4.78 is 24.0. The number of hydrogen-bond acceptors (Lipinski definition) is 4. The van der Waals surface area contributed by atoms with Crippen LogP contribution in [0, 0.1) is 12.7 Å². The predicted molar refractivity (Wildman–Crippen MR) is 99.5 cm³/mol. The number of aromatic amines is 1. The van der Waals surface area contributed by atoms with Gasteiger partial charge in [-0.05, 0) is 61.0 Å². The smallest absolute Gasteiger partial charge is 0.269 e. The van der Waals surface area contributed by atoms with Crippen LogP contribution in [0.15, 0.2) is 48.5 Å². The summed E-state index contributed by atoms with van der Waals surface area (Å²) in [6, 6.07) is 13.5. The van der Waals surface area contributed by atoms with Crippen molar-refractivity contribution in [3.8, 4) is 22.8 Å². The van der Waals surface area contributed by atoms with Gasteiger partial charge in [-0.1, -0.05) is 0 Å². The Morgan fingerprint density at radius 3 is 2.59 bits per heavy atom. The molecule has 0 unspecified atom stereocenters.